The van der Waals surface area contributed by atoms with Crippen molar-refractivity contribution in [3.05, 3.63) is 10.6 Å². The first kappa shape index (κ1) is 18.2. The number of ether oxygens (including phenoxy) is 2. The number of nitrogens with zero attached hydrogens (tertiary/aromatic N) is 3. The number of carbonyl (C=O) groups excluding carboxylic acids is 2. The van der Waals surface area contributed by atoms with E-state index in [2.05, 4.69) is 15.2 Å². The number of anilines is 1. The number of aryl methyl sites for hydroxylation is 1. The van der Waals surface area contributed by atoms with Gasteiger partial charge in [-0.15, -0.1) is 0 Å². The van der Waals surface area contributed by atoms with Crippen LogP contribution in [0.4, 0.5) is 5.13 Å². The lowest BCUT2D eigenvalue weighted by Crippen LogP contribution is -2.47. The second-order valence-electron chi connectivity index (χ2n) is 6.57. The van der Waals surface area contributed by atoms with Crippen molar-refractivity contribution >= 4 is 28.3 Å². The summed E-state index contributed by atoms with van der Waals surface area (Å²) in [6, 6.07) is 0. The standard InChI is InChI=1S/C16H24N4O4S/c1-11-13(14(22)19(2)3)25-15(17-11)18-12(21)10-20-6-4-16(5-7-20)23-8-9-24-16/h4-10H2,1-3H3,(H,17,18,21). The second-order valence-corrected chi connectivity index (χ2v) is 7.56. The first-order valence-electron chi connectivity index (χ1n) is 8.38. The van der Waals surface area contributed by atoms with Gasteiger partial charge >= 0.3 is 0 Å². The van der Waals surface area contributed by atoms with Crippen molar-refractivity contribution < 1.29 is 19.1 Å². The number of hydrogen-bond donors (Lipinski definition) is 1. The third-order valence-corrected chi connectivity index (χ3v) is 5.50. The third-order valence-electron chi connectivity index (χ3n) is 4.44. The van der Waals surface area contributed by atoms with Crippen LogP contribution in [0.3, 0.4) is 0 Å². The Morgan fingerprint density at radius 2 is 1.92 bits per heavy atom. The Kier molecular flexibility index (Phi) is 5.38. The van der Waals surface area contributed by atoms with Crippen LogP contribution < -0.4 is 5.32 Å². The molecule has 0 aliphatic carbocycles. The summed E-state index contributed by atoms with van der Waals surface area (Å²) in [7, 11) is 3.39. The van der Waals surface area contributed by atoms with Gasteiger partial charge in [0.25, 0.3) is 5.91 Å². The van der Waals surface area contributed by atoms with Gasteiger partial charge < -0.3 is 19.7 Å². The van der Waals surface area contributed by atoms with Gasteiger partial charge in [-0.1, -0.05) is 11.3 Å². The van der Waals surface area contributed by atoms with Crippen molar-refractivity contribution in [3.63, 3.8) is 0 Å². The molecule has 2 aliphatic heterocycles. The zero-order chi connectivity index (χ0) is 18.0. The average Bonchev–Trinajstić information content (AvgIpc) is 3.16. The molecule has 0 saturated carbocycles. The molecular weight excluding hydrogens is 344 g/mol. The van der Waals surface area contributed by atoms with Crippen molar-refractivity contribution in [1.29, 1.82) is 0 Å². The Bertz CT molecular complexity index is 645. The fourth-order valence-corrected chi connectivity index (χ4v) is 4.05. The molecule has 0 atom stereocenters. The van der Waals surface area contributed by atoms with Crippen molar-refractivity contribution in [2.24, 2.45) is 0 Å². The van der Waals surface area contributed by atoms with Crippen LogP contribution in [-0.2, 0) is 14.3 Å². The number of carbonyl (C=O) groups is 2. The first-order chi connectivity index (χ1) is 11.9. The quantitative estimate of drug-likeness (QED) is 0.851. The lowest BCUT2D eigenvalue weighted by Gasteiger charge is -2.37. The van der Waals surface area contributed by atoms with Crippen LogP contribution in [0.5, 0.6) is 0 Å². The summed E-state index contributed by atoms with van der Waals surface area (Å²) in [6.45, 7) is 4.89. The molecule has 0 unspecified atom stereocenters. The SMILES string of the molecule is Cc1nc(NC(=O)CN2CCC3(CC2)OCCO3)sc1C(=O)N(C)C. The molecule has 2 saturated heterocycles. The van der Waals surface area contributed by atoms with Crippen LogP contribution in [0.25, 0.3) is 0 Å². The molecular formula is C16H24N4O4S. The normalized spacial score (nSPS) is 20.0. The lowest BCUT2D eigenvalue weighted by molar-refractivity contribution is -0.185. The van der Waals surface area contributed by atoms with E-state index in [0.29, 0.717) is 35.5 Å². The predicted octanol–water partition coefficient (Wildman–Crippen LogP) is 0.931. The van der Waals surface area contributed by atoms with E-state index >= 15 is 0 Å². The molecule has 2 aliphatic rings. The van der Waals surface area contributed by atoms with Crippen molar-refractivity contribution in [1.82, 2.24) is 14.8 Å². The van der Waals surface area contributed by atoms with Gasteiger partial charge in [0.15, 0.2) is 10.9 Å². The summed E-state index contributed by atoms with van der Waals surface area (Å²) in [5.74, 6) is -0.656. The van der Waals surface area contributed by atoms with E-state index in [0.717, 1.165) is 25.9 Å². The van der Waals surface area contributed by atoms with Gasteiger partial charge in [0.2, 0.25) is 5.91 Å². The Morgan fingerprint density at radius 1 is 1.28 bits per heavy atom. The average molecular weight is 368 g/mol. The number of aromatic nitrogens is 1. The monoisotopic (exact) mass is 368 g/mol. The summed E-state index contributed by atoms with van der Waals surface area (Å²) in [6.07, 6.45) is 1.55. The smallest absolute Gasteiger partial charge is 0.265 e. The van der Waals surface area contributed by atoms with Crippen LogP contribution in [0.15, 0.2) is 0 Å². The fourth-order valence-electron chi connectivity index (χ4n) is 3.05. The number of nitrogens with one attached hydrogen (secondary N) is 1. The molecule has 1 N–H and O–H groups in total. The van der Waals surface area contributed by atoms with Crippen molar-refractivity contribution in [3.8, 4) is 0 Å². The highest BCUT2D eigenvalue weighted by Crippen LogP contribution is 2.31. The number of rotatable bonds is 4. The summed E-state index contributed by atoms with van der Waals surface area (Å²) in [5, 5.41) is 3.26. The van der Waals surface area contributed by atoms with E-state index in [1.54, 1.807) is 21.0 Å². The van der Waals surface area contributed by atoms with Crippen LogP contribution in [-0.4, -0.2) is 79.3 Å². The largest absolute Gasteiger partial charge is 0.347 e. The van der Waals surface area contributed by atoms with Crippen LogP contribution in [0.2, 0.25) is 0 Å². The number of likely N-dealkylation sites (tertiary alicyclic amines) is 1. The zero-order valence-corrected chi connectivity index (χ0v) is 15.6. The molecule has 2 fully saturated rings. The van der Waals surface area contributed by atoms with E-state index in [9.17, 15) is 9.59 Å². The van der Waals surface area contributed by atoms with E-state index in [4.69, 9.17) is 9.47 Å². The minimum Gasteiger partial charge on any atom is -0.347 e. The molecule has 3 heterocycles. The highest BCUT2D eigenvalue weighted by molar-refractivity contribution is 7.17. The molecule has 1 spiro atoms. The maximum atomic E-state index is 12.3. The minimum absolute atomic E-state index is 0.103. The maximum Gasteiger partial charge on any atom is 0.265 e. The molecule has 1 aromatic heterocycles. The van der Waals surface area contributed by atoms with Crippen LogP contribution >= 0.6 is 11.3 Å². The minimum atomic E-state index is -0.430. The Balaban J connectivity index is 1.51. The maximum absolute atomic E-state index is 12.3. The van der Waals surface area contributed by atoms with E-state index in [1.807, 2.05) is 0 Å². The van der Waals surface area contributed by atoms with Gasteiger partial charge in [-0.05, 0) is 6.92 Å². The molecule has 138 valence electrons. The zero-order valence-electron chi connectivity index (χ0n) is 14.8. The molecule has 3 rings (SSSR count). The van der Waals surface area contributed by atoms with Gasteiger partial charge in [0, 0.05) is 40.0 Å². The highest BCUT2D eigenvalue weighted by atomic mass is 32.1. The summed E-state index contributed by atoms with van der Waals surface area (Å²) in [4.78, 5) is 32.8. The molecule has 2 amide bonds. The first-order valence-corrected chi connectivity index (χ1v) is 9.19. The van der Waals surface area contributed by atoms with E-state index in [-0.39, 0.29) is 11.8 Å². The Hall–Kier alpha value is -1.55. The molecule has 8 nitrogen and oxygen atoms in total. The second kappa shape index (κ2) is 7.36. The van der Waals surface area contributed by atoms with Gasteiger partial charge in [-0.25, -0.2) is 4.98 Å². The van der Waals surface area contributed by atoms with Crippen molar-refractivity contribution in [2.45, 2.75) is 25.6 Å². The van der Waals surface area contributed by atoms with Crippen LogP contribution in [0.1, 0.15) is 28.2 Å². The Morgan fingerprint density at radius 3 is 2.52 bits per heavy atom. The molecule has 0 aromatic carbocycles. The summed E-state index contributed by atoms with van der Waals surface area (Å²) >= 11 is 1.21. The molecule has 0 bridgehead atoms. The number of amides is 2. The summed E-state index contributed by atoms with van der Waals surface area (Å²) < 4.78 is 11.4. The fraction of sp³-hybridized carbons (Fsp3) is 0.688. The highest BCUT2D eigenvalue weighted by Gasteiger charge is 2.39. The number of thiazole rings is 1. The lowest BCUT2D eigenvalue weighted by atomic mass is 10.0. The Labute approximate surface area is 151 Å². The van der Waals surface area contributed by atoms with Gasteiger partial charge in [-0.3, -0.25) is 14.5 Å². The van der Waals surface area contributed by atoms with Crippen molar-refractivity contribution in [2.75, 3.05) is 52.3 Å². The molecule has 9 heteroatoms. The van der Waals surface area contributed by atoms with Gasteiger partial charge in [-0.2, -0.15) is 0 Å². The molecule has 1 aromatic rings. The van der Waals surface area contributed by atoms with Gasteiger partial charge in [0.1, 0.15) is 4.88 Å². The van der Waals surface area contributed by atoms with Gasteiger partial charge in [0.05, 0.1) is 25.5 Å². The topological polar surface area (TPSA) is 84.0 Å². The predicted molar refractivity (Wildman–Crippen MR) is 93.8 cm³/mol. The van der Waals surface area contributed by atoms with E-state index in [1.165, 1.54) is 16.2 Å². The number of piperidine rings is 1. The third kappa shape index (κ3) is 4.17. The summed E-state index contributed by atoms with van der Waals surface area (Å²) in [5.41, 5.74) is 0.634. The molecule has 25 heavy (non-hydrogen) atoms. The molecule has 0 radical (unpaired) electrons. The van der Waals surface area contributed by atoms with E-state index < -0.39 is 5.79 Å². The number of hydrogen-bond acceptors (Lipinski definition) is 7. The van der Waals surface area contributed by atoms with Crippen LogP contribution in [0, 0.1) is 6.92 Å².